The maximum absolute atomic E-state index is 10.1. The molecule has 7 nitrogen and oxygen atoms in total. The van der Waals surface area contributed by atoms with Crippen molar-refractivity contribution >= 4 is 28.6 Å². The molecule has 3 rings (SSSR count). The van der Waals surface area contributed by atoms with Gasteiger partial charge in [-0.25, -0.2) is 4.98 Å². The Bertz CT molecular complexity index is 833. The van der Waals surface area contributed by atoms with Crippen LogP contribution in [0.15, 0.2) is 24.5 Å². The number of rotatable bonds is 4. The number of phenols is 1. The number of imidazole rings is 1. The molecule has 1 aromatic carbocycles. The van der Waals surface area contributed by atoms with Crippen LogP contribution in [0.5, 0.6) is 11.5 Å². The van der Waals surface area contributed by atoms with Crippen LogP contribution < -0.4 is 10.1 Å². The third kappa shape index (κ3) is 2.50. The molecule has 0 radical (unpaired) electrons. The molecule has 22 heavy (non-hydrogen) atoms. The average molecular weight is 320 g/mol. The van der Waals surface area contributed by atoms with Crippen LogP contribution in [0, 0.1) is 0 Å². The fraction of sp³-hybridized carbons (Fsp3) is 0.214. The van der Waals surface area contributed by atoms with E-state index in [0.29, 0.717) is 34.8 Å². The van der Waals surface area contributed by atoms with Gasteiger partial charge in [0.1, 0.15) is 0 Å². The zero-order valence-electron chi connectivity index (χ0n) is 12.0. The summed E-state index contributed by atoms with van der Waals surface area (Å²) in [6.45, 7) is 0.349. The number of fused-ring (bicyclic) bond motifs is 1. The van der Waals surface area contributed by atoms with Gasteiger partial charge in [0, 0.05) is 19.2 Å². The van der Waals surface area contributed by atoms with Gasteiger partial charge in [-0.05, 0) is 17.7 Å². The van der Waals surface area contributed by atoms with E-state index in [2.05, 4.69) is 20.3 Å². The van der Waals surface area contributed by atoms with Gasteiger partial charge in [0.05, 0.1) is 13.4 Å². The highest BCUT2D eigenvalue weighted by molar-refractivity contribution is 6.28. The number of hydrogen-bond donors (Lipinski definition) is 2. The Hall–Kier alpha value is -2.54. The van der Waals surface area contributed by atoms with E-state index in [1.165, 1.54) is 7.11 Å². The van der Waals surface area contributed by atoms with Gasteiger partial charge in [0.25, 0.3) is 0 Å². The van der Waals surface area contributed by atoms with E-state index < -0.39 is 0 Å². The Labute approximate surface area is 131 Å². The molecule has 0 aliphatic heterocycles. The summed E-state index contributed by atoms with van der Waals surface area (Å²) in [6.07, 6.45) is 1.64. The summed E-state index contributed by atoms with van der Waals surface area (Å²) in [7, 11) is 3.34. The number of anilines is 1. The summed E-state index contributed by atoms with van der Waals surface area (Å²) in [6, 6.07) is 5.29. The number of ether oxygens (including phenoxy) is 1. The quantitative estimate of drug-likeness (QED) is 0.718. The topological polar surface area (TPSA) is 85.1 Å². The molecule has 2 aromatic heterocycles. The molecule has 0 aliphatic rings. The van der Waals surface area contributed by atoms with Crippen LogP contribution in [0.25, 0.3) is 11.2 Å². The lowest BCUT2D eigenvalue weighted by Gasteiger charge is -2.10. The Morgan fingerprint density at radius 3 is 2.95 bits per heavy atom. The van der Waals surface area contributed by atoms with Gasteiger partial charge in [0.2, 0.25) is 5.28 Å². The number of nitrogens with zero attached hydrogens (tertiary/aromatic N) is 4. The molecule has 2 N–H and O–H groups in total. The lowest BCUT2D eigenvalue weighted by molar-refractivity contribution is 0.371. The highest BCUT2D eigenvalue weighted by atomic mass is 35.5. The number of methoxy groups -OCH3 is 1. The van der Waals surface area contributed by atoms with Crippen molar-refractivity contribution in [3.05, 3.63) is 35.4 Å². The molecule has 0 fully saturated rings. The number of nitrogens with one attached hydrogen (secondary N) is 1. The van der Waals surface area contributed by atoms with Crippen molar-refractivity contribution in [1.29, 1.82) is 0 Å². The van der Waals surface area contributed by atoms with Crippen LogP contribution in [-0.4, -0.2) is 31.7 Å². The van der Waals surface area contributed by atoms with Crippen LogP contribution >= 0.6 is 11.6 Å². The molecule has 0 unspecified atom stereocenters. The van der Waals surface area contributed by atoms with Crippen molar-refractivity contribution in [2.24, 2.45) is 7.05 Å². The Balaban J connectivity index is 1.91. The number of aromatic nitrogens is 4. The summed E-state index contributed by atoms with van der Waals surface area (Å²) in [5.41, 5.74) is 1.94. The van der Waals surface area contributed by atoms with Gasteiger partial charge >= 0.3 is 0 Å². The highest BCUT2D eigenvalue weighted by Crippen LogP contribution is 2.30. The molecule has 0 spiro atoms. The molecule has 8 heteroatoms. The number of benzene rings is 1. The standard InChI is InChI=1S/C14H14ClN5O2/c1-20-7-17-10-12(18-14(15)19-13(10)20)16-6-8-4-3-5-9(22-2)11(8)21/h3-5,7,21H,6H2,1-2H3,(H,16,18,19). The fourth-order valence-electron chi connectivity index (χ4n) is 2.16. The summed E-state index contributed by atoms with van der Waals surface area (Å²) in [5, 5.41) is 13.4. The number of hydrogen-bond acceptors (Lipinski definition) is 6. The van der Waals surface area contributed by atoms with E-state index in [4.69, 9.17) is 16.3 Å². The zero-order valence-corrected chi connectivity index (χ0v) is 12.8. The molecule has 0 bridgehead atoms. The largest absolute Gasteiger partial charge is 0.504 e. The van der Waals surface area contributed by atoms with Crippen LogP contribution in [0.2, 0.25) is 5.28 Å². The molecule has 0 atom stereocenters. The smallest absolute Gasteiger partial charge is 0.226 e. The van der Waals surface area contributed by atoms with Crippen molar-refractivity contribution in [2.45, 2.75) is 6.54 Å². The summed E-state index contributed by atoms with van der Waals surface area (Å²) in [4.78, 5) is 12.6. The zero-order chi connectivity index (χ0) is 15.7. The lowest BCUT2D eigenvalue weighted by atomic mass is 10.2. The number of aryl methyl sites for hydroxylation is 1. The molecular formula is C14H14ClN5O2. The van der Waals surface area contributed by atoms with Crippen LogP contribution in [-0.2, 0) is 13.6 Å². The first-order valence-electron chi connectivity index (χ1n) is 6.53. The Morgan fingerprint density at radius 1 is 1.36 bits per heavy atom. The number of aromatic hydroxyl groups is 1. The minimum absolute atomic E-state index is 0.0925. The second-order valence-electron chi connectivity index (χ2n) is 4.69. The third-order valence-electron chi connectivity index (χ3n) is 3.28. The maximum Gasteiger partial charge on any atom is 0.226 e. The van der Waals surface area contributed by atoms with Gasteiger partial charge in [-0.15, -0.1) is 0 Å². The van der Waals surface area contributed by atoms with Crippen molar-refractivity contribution in [3.8, 4) is 11.5 Å². The third-order valence-corrected chi connectivity index (χ3v) is 3.45. The van der Waals surface area contributed by atoms with Crippen molar-refractivity contribution in [2.75, 3.05) is 12.4 Å². The second-order valence-corrected chi connectivity index (χ2v) is 5.03. The fourth-order valence-corrected chi connectivity index (χ4v) is 2.32. The molecule has 0 saturated heterocycles. The Morgan fingerprint density at radius 2 is 2.18 bits per heavy atom. The van der Waals surface area contributed by atoms with Gasteiger partial charge in [0.15, 0.2) is 28.5 Å². The van der Waals surface area contributed by atoms with E-state index >= 15 is 0 Å². The van der Waals surface area contributed by atoms with Gasteiger partial charge in [-0.1, -0.05) is 12.1 Å². The number of phenolic OH excluding ortho intramolecular Hbond substituents is 1. The van der Waals surface area contributed by atoms with Crippen molar-refractivity contribution < 1.29 is 9.84 Å². The van der Waals surface area contributed by atoms with E-state index in [0.717, 1.165) is 0 Å². The first kappa shape index (κ1) is 14.4. The van der Waals surface area contributed by atoms with Crippen molar-refractivity contribution in [3.63, 3.8) is 0 Å². The number of para-hydroxylation sites is 1. The van der Waals surface area contributed by atoms with Gasteiger partial charge in [-0.2, -0.15) is 9.97 Å². The average Bonchev–Trinajstić information content (AvgIpc) is 2.87. The first-order chi connectivity index (χ1) is 10.6. The SMILES string of the molecule is COc1cccc(CNc2nc(Cl)nc3c2ncn3C)c1O. The van der Waals surface area contributed by atoms with Crippen LogP contribution in [0.3, 0.4) is 0 Å². The second kappa shape index (κ2) is 5.69. The molecule has 3 aromatic rings. The maximum atomic E-state index is 10.1. The lowest BCUT2D eigenvalue weighted by Crippen LogP contribution is -2.04. The molecule has 0 amide bonds. The minimum Gasteiger partial charge on any atom is -0.504 e. The minimum atomic E-state index is 0.0925. The Kier molecular flexibility index (Phi) is 3.72. The number of halogens is 1. The van der Waals surface area contributed by atoms with E-state index in [1.807, 2.05) is 7.05 Å². The van der Waals surface area contributed by atoms with E-state index in [1.54, 1.807) is 29.1 Å². The predicted octanol–water partition coefficient (Wildman–Crippen LogP) is 2.34. The molecule has 0 saturated carbocycles. The predicted molar refractivity (Wildman–Crippen MR) is 83.3 cm³/mol. The highest BCUT2D eigenvalue weighted by Gasteiger charge is 2.12. The monoisotopic (exact) mass is 319 g/mol. The molecule has 114 valence electrons. The first-order valence-corrected chi connectivity index (χ1v) is 6.91. The molecule has 2 heterocycles. The van der Waals surface area contributed by atoms with E-state index in [-0.39, 0.29) is 11.0 Å². The van der Waals surface area contributed by atoms with Crippen molar-refractivity contribution in [1.82, 2.24) is 19.5 Å². The van der Waals surface area contributed by atoms with Gasteiger partial charge < -0.3 is 19.7 Å². The summed E-state index contributed by atoms with van der Waals surface area (Å²) >= 11 is 5.94. The van der Waals surface area contributed by atoms with E-state index in [9.17, 15) is 5.11 Å². The summed E-state index contributed by atoms with van der Waals surface area (Å²) < 4.78 is 6.85. The summed E-state index contributed by atoms with van der Waals surface area (Å²) in [5.74, 6) is 1.02. The van der Waals surface area contributed by atoms with Crippen LogP contribution in [0.4, 0.5) is 5.82 Å². The molecule has 0 aliphatic carbocycles. The van der Waals surface area contributed by atoms with Crippen LogP contribution in [0.1, 0.15) is 5.56 Å². The van der Waals surface area contributed by atoms with Gasteiger partial charge in [-0.3, -0.25) is 0 Å². The molecular weight excluding hydrogens is 306 g/mol. The normalized spacial score (nSPS) is 10.9.